The predicted octanol–water partition coefficient (Wildman–Crippen LogP) is 7.69. The fourth-order valence-corrected chi connectivity index (χ4v) is 6.02. The molecule has 0 fully saturated rings. The quantitative estimate of drug-likeness (QED) is 0.160. The average Bonchev–Trinajstić information content (AvgIpc) is 3.28. The first-order chi connectivity index (χ1) is 18.6. The zero-order chi connectivity index (χ0) is 26.6. The van der Waals surface area contributed by atoms with E-state index >= 15 is 0 Å². The van der Waals surface area contributed by atoms with Gasteiger partial charge in [-0.3, -0.25) is 18.4 Å². The molecule has 0 saturated heterocycles. The third-order valence-corrected chi connectivity index (χ3v) is 8.16. The van der Waals surface area contributed by atoms with Crippen LogP contribution in [0.25, 0.3) is 0 Å². The van der Waals surface area contributed by atoms with Crippen molar-refractivity contribution in [1.29, 1.82) is 0 Å². The zero-order valence-electron chi connectivity index (χ0n) is 22.1. The van der Waals surface area contributed by atoms with Gasteiger partial charge in [-0.05, 0) is 28.7 Å². The molecular formula is C31H38NO5P. The van der Waals surface area contributed by atoms with Gasteiger partial charge in [-0.15, -0.1) is 0 Å². The molecule has 4 rings (SSSR count). The van der Waals surface area contributed by atoms with E-state index < -0.39 is 20.0 Å². The van der Waals surface area contributed by atoms with Gasteiger partial charge >= 0.3 is 7.82 Å². The Hall–Kier alpha value is -2.76. The first-order valence-corrected chi connectivity index (χ1v) is 15.0. The number of phosphoric ester groups is 1. The highest BCUT2D eigenvalue weighted by Gasteiger charge is 2.41. The highest BCUT2D eigenvalue weighted by atomic mass is 31.2. The highest BCUT2D eigenvalue weighted by molar-refractivity contribution is 7.48. The van der Waals surface area contributed by atoms with E-state index in [0.717, 1.165) is 41.5 Å². The molecule has 202 valence electrons. The Morgan fingerprint density at radius 1 is 0.816 bits per heavy atom. The molecule has 7 heteroatoms. The molecule has 3 aromatic rings. The van der Waals surface area contributed by atoms with Crippen LogP contribution in [0.4, 0.5) is 0 Å². The number of phosphoric acid groups is 1. The lowest BCUT2D eigenvalue weighted by molar-refractivity contribution is -0.122. The lowest BCUT2D eigenvalue weighted by Crippen LogP contribution is -2.35. The largest absolute Gasteiger partial charge is 0.475 e. The third kappa shape index (κ3) is 8.37. The van der Waals surface area contributed by atoms with E-state index in [1.165, 1.54) is 12.8 Å². The number of fused-ring (bicyclic) bond motifs is 1. The van der Waals surface area contributed by atoms with Gasteiger partial charge < -0.3 is 5.32 Å². The van der Waals surface area contributed by atoms with Gasteiger partial charge in [0.05, 0.1) is 25.4 Å². The molecule has 0 spiro atoms. The second kappa shape index (κ2) is 14.4. The van der Waals surface area contributed by atoms with Crippen molar-refractivity contribution in [2.24, 2.45) is 0 Å². The topological polar surface area (TPSA) is 73.9 Å². The van der Waals surface area contributed by atoms with Gasteiger partial charge in [0.15, 0.2) is 0 Å². The van der Waals surface area contributed by atoms with Crippen molar-refractivity contribution in [3.05, 3.63) is 107 Å². The van der Waals surface area contributed by atoms with Crippen LogP contribution in [-0.2, 0) is 42.6 Å². The molecule has 0 saturated carbocycles. The molecule has 0 aromatic heterocycles. The standard InChI is InChI=1S/C31H38NO5P/c1-2-3-4-5-12-21-30(33)32-31-28-20-14-13-19-27(28)22-29(31)37-38(34,35-23-25-15-8-6-9-16-25)36-24-26-17-10-7-11-18-26/h6-11,13-20,29,31H,2-5,12,21-24H2,1H3,(H,32,33)/t29-,31-/m1/s1. The highest BCUT2D eigenvalue weighted by Crippen LogP contribution is 2.54. The third-order valence-electron chi connectivity index (χ3n) is 6.74. The minimum Gasteiger partial charge on any atom is -0.347 e. The Balaban J connectivity index is 1.47. The smallest absolute Gasteiger partial charge is 0.347 e. The molecule has 0 aliphatic heterocycles. The van der Waals surface area contributed by atoms with Crippen LogP contribution in [0.15, 0.2) is 84.9 Å². The summed E-state index contributed by atoms with van der Waals surface area (Å²) in [7, 11) is -3.99. The van der Waals surface area contributed by atoms with Crippen LogP contribution in [0.3, 0.4) is 0 Å². The summed E-state index contributed by atoms with van der Waals surface area (Å²) in [5.74, 6) is -0.0259. The van der Waals surface area contributed by atoms with Crippen LogP contribution >= 0.6 is 7.82 Å². The summed E-state index contributed by atoms with van der Waals surface area (Å²) in [6, 6.07) is 26.5. The number of nitrogens with one attached hydrogen (secondary N) is 1. The van der Waals surface area contributed by atoms with Crippen LogP contribution in [0.2, 0.25) is 0 Å². The van der Waals surface area contributed by atoms with Gasteiger partial charge in [0.2, 0.25) is 5.91 Å². The number of benzene rings is 3. The number of carbonyl (C=O) groups excluding carboxylic acids is 1. The maximum atomic E-state index is 14.0. The van der Waals surface area contributed by atoms with E-state index in [-0.39, 0.29) is 19.1 Å². The Bertz CT molecular complexity index is 1140. The van der Waals surface area contributed by atoms with Gasteiger partial charge in [0.1, 0.15) is 0 Å². The second-order valence-electron chi connectivity index (χ2n) is 9.72. The van der Waals surface area contributed by atoms with Crippen molar-refractivity contribution >= 4 is 13.7 Å². The summed E-state index contributed by atoms with van der Waals surface area (Å²) in [4.78, 5) is 12.9. The van der Waals surface area contributed by atoms with Crippen LogP contribution < -0.4 is 5.32 Å². The van der Waals surface area contributed by atoms with Crippen molar-refractivity contribution in [3.63, 3.8) is 0 Å². The minimum atomic E-state index is -3.99. The first kappa shape index (κ1) is 28.3. The Kier molecular flexibility index (Phi) is 10.7. The van der Waals surface area contributed by atoms with Gasteiger partial charge in [0, 0.05) is 12.8 Å². The molecule has 1 amide bonds. The van der Waals surface area contributed by atoms with Crippen LogP contribution in [0.1, 0.15) is 73.7 Å². The maximum Gasteiger partial charge on any atom is 0.475 e. The van der Waals surface area contributed by atoms with Crippen LogP contribution in [0.5, 0.6) is 0 Å². The lowest BCUT2D eigenvalue weighted by atomic mass is 10.1. The van der Waals surface area contributed by atoms with Crippen molar-refractivity contribution in [2.75, 3.05) is 0 Å². The zero-order valence-corrected chi connectivity index (χ0v) is 23.0. The Morgan fingerprint density at radius 2 is 1.39 bits per heavy atom. The summed E-state index contributed by atoms with van der Waals surface area (Å²) in [5, 5.41) is 3.15. The van der Waals surface area contributed by atoms with Gasteiger partial charge in [0.25, 0.3) is 0 Å². The molecule has 0 radical (unpaired) electrons. The molecule has 0 bridgehead atoms. The van der Waals surface area contributed by atoms with Crippen molar-refractivity contribution < 1.29 is 22.9 Å². The molecule has 38 heavy (non-hydrogen) atoms. The van der Waals surface area contributed by atoms with Crippen LogP contribution in [0, 0.1) is 0 Å². The fourth-order valence-electron chi connectivity index (χ4n) is 4.68. The molecule has 6 nitrogen and oxygen atoms in total. The molecular weight excluding hydrogens is 497 g/mol. The summed E-state index contributed by atoms with van der Waals surface area (Å²) in [6.07, 6.45) is 5.78. The number of hydrogen-bond donors (Lipinski definition) is 1. The molecule has 3 aromatic carbocycles. The summed E-state index contributed by atoms with van der Waals surface area (Å²) < 4.78 is 31.9. The van der Waals surface area contributed by atoms with E-state index in [2.05, 4.69) is 12.2 Å². The van der Waals surface area contributed by atoms with Gasteiger partial charge in [-0.2, -0.15) is 0 Å². The molecule has 0 heterocycles. The Morgan fingerprint density at radius 3 is 2.03 bits per heavy atom. The molecule has 1 aliphatic rings. The Labute approximate surface area is 226 Å². The van der Waals surface area contributed by atoms with E-state index in [1.54, 1.807) is 0 Å². The van der Waals surface area contributed by atoms with Gasteiger partial charge in [-0.1, -0.05) is 118 Å². The summed E-state index contributed by atoms with van der Waals surface area (Å²) in [5.41, 5.74) is 3.77. The first-order valence-electron chi connectivity index (χ1n) is 13.6. The van der Waals surface area contributed by atoms with E-state index in [9.17, 15) is 9.36 Å². The lowest BCUT2D eigenvalue weighted by Gasteiger charge is -2.26. The van der Waals surface area contributed by atoms with Crippen molar-refractivity contribution in [2.45, 2.75) is 77.2 Å². The average molecular weight is 536 g/mol. The van der Waals surface area contributed by atoms with E-state index in [4.69, 9.17) is 13.6 Å². The second-order valence-corrected chi connectivity index (χ2v) is 11.3. The number of rotatable bonds is 15. The SMILES string of the molecule is CCCCCCCC(=O)N[C@@H]1c2ccccc2C[C@H]1OP(=O)(OCc1ccccc1)OCc1ccccc1. The fraction of sp³-hybridized carbons (Fsp3) is 0.387. The molecule has 0 unspecified atom stereocenters. The minimum absolute atomic E-state index is 0.0259. The molecule has 1 aliphatic carbocycles. The summed E-state index contributed by atoms with van der Waals surface area (Å²) >= 11 is 0. The number of amides is 1. The maximum absolute atomic E-state index is 14.0. The molecule has 2 atom stereocenters. The van der Waals surface area contributed by atoms with Crippen molar-refractivity contribution in [3.8, 4) is 0 Å². The summed E-state index contributed by atoms with van der Waals surface area (Å²) in [6.45, 7) is 2.35. The van der Waals surface area contributed by atoms with Crippen molar-refractivity contribution in [1.82, 2.24) is 5.32 Å². The normalized spacial score (nSPS) is 16.8. The predicted molar refractivity (Wildman–Crippen MR) is 149 cm³/mol. The number of unbranched alkanes of at least 4 members (excludes halogenated alkanes) is 4. The van der Waals surface area contributed by atoms with E-state index in [0.29, 0.717) is 12.8 Å². The van der Waals surface area contributed by atoms with E-state index in [1.807, 2.05) is 84.9 Å². The van der Waals surface area contributed by atoms with Gasteiger partial charge in [-0.25, -0.2) is 4.57 Å². The number of carbonyl (C=O) groups is 1. The number of hydrogen-bond acceptors (Lipinski definition) is 5. The van der Waals surface area contributed by atoms with Crippen LogP contribution in [-0.4, -0.2) is 12.0 Å². The molecule has 1 N–H and O–H groups in total. The monoisotopic (exact) mass is 535 g/mol.